The average molecular weight is 438 g/mol. The lowest BCUT2D eigenvalue weighted by Crippen LogP contribution is -2.36. The number of hydrogen-bond acceptors (Lipinski definition) is 8. The molecule has 0 radical (unpaired) electrons. The Morgan fingerprint density at radius 1 is 1.12 bits per heavy atom. The van der Waals surface area contributed by atoms with E-state index in [-0.39, 0.29) is 11.9 Å². The van der Waals surface area contributed by atoms with Crippen molar-refractivity contribution in [3.63, 3.8) is 0 Å². The summed E-state index contributed by atoms with van der Waals surface area (Å²) in [5.41, 5.74) is 9.18. The van der Waals surface area contributed by atoms with E-state index in [1.165, 1.54) is 9.58 Å². The molecular formula is C22H27N7O3. The molecule has 0 unspecified atom stereocenters. The number of morpholine rings is 1. The van der Waals surface area contributed by atoms with Crippen LogP contribution >= 0.6 is 0 Å². The van der Waals surface area contributed by atoms with Gasteiger partial charge in [-0.05, 0) is 36.4 Å². The van der Waals surface area contributed by atoms with Gasteiger partial charge in [0.2, 0.25) is 11.9 Å². The highest BCUT2D eigenvalue weighted by atomic mass is 16.5. The van der Waals surface area contributed by atoms with Crippen LogP contribution in [0.5, 0.6) is 5.75 Å². The molecule has 1 saturated heterocycles. The molecular weight excluding hydrogens is 410 g/mol. The number of nitrogens with zero attached hydrogens (tertiary/aromatic N) is 5. The number of hydrogen-bond donors (Lipinski definition) is 2. The Morgan fingerprint density at radius 3 is 2.47 bits per heavy atom. The Morgan fingerprint density at radius 2 is 1.81 bits per heavy atom. The number of nitrogen functional groups attached to an aromatic ring is 1. The first-order chi connectivity index (χ1) is 15.5. The van der Waals surface area contributed by atoms with Gasteiger partial charge < -0.3 is 30.3 Å². The number of nitrogens with two attached hydrogens (primary N) is 1. The van der Waals surface area contributed by atoms with Gasteiger partial charge in [-0.25, -0.2) is 0 Å². The van der Waals surface area contributed by atoms with Crippen molar-refractivity contribution < 1.29 is 14.3 Å². The minimum Gasteiger partial charge on any atom is -0.494 e. The predicted molar refractivity (Wildman–Crippen MR) is 123 cm³/mol. The van der Waals surface area contributed by atoms with E-state index in [1.807, 2.05) is 18.2 Å². The average Bonchev–Trinajstić information content (AvgIpc) is 3.19. The summed E-state index contributed by atoms with van der Waals surface area (Å²) in [5, 5.41) is 7.64. The molecule has 10 nitrogen and oxygen atoms in total. The molecule has 168 valence electrons. The van der Waals surface area contributed by atoms with E-state index < -0.39 is 0 Å². The summed E-state index contributed by atoms with van der Waals surface area (Å²) in [6.45, 7) is 3.12. The molecule has 1 fully saturated rings. The predicted octanol–water partition coefficient (Wildman–Crippen LogP) is 2.14. The van der Waals surface area contributed by atoms with Crippen molar-refractivity contribution in [1.29, 1.82) is 0 Å². The number of benzene rings is 2. The van der Waals surface area contributed by atoms with Gasteiger partial charge in [0.25, 0.3) is 5.91 Å². The van der Waals surface area contributed by atoms with Crippen LogP contribution in [-0.4, -0.2) is 73.1 Å². The minimum atomic E-state index is -0.0712. The molecule has 0 spiro atoms. The Balaban J connectivity index is 1.53. The largest absolute Gasteiger partial charge is 0.494 e. The molecule has 10 heteroatoms. The van der Waals surface area contributed by atoms with Crippen molar-refractivity contribution in [2.75, 3.05) is 63.5 Å². The second-order valence-corrected chi connectivity index (χ2v) is 7.56. The molecule has 0 bridgehead atoms. The normalized spacial score (nSPS) is 13.7. The number of aromatic nitrogens is 3. The summed E-state index contributed by atoms with van der Waals surface area (Å²) in [5.74, 6) is 1.17. The van der Waals surface area contributed by atoms with Crippen LogP contribution in [0.15, 0.2) is 42.5 Å². The monoisotopic (exact) mass is 437 g/mol. The first-order valence-electron chi connectivity index (χ1n) is 10.3. The van der Waals surface area contributed by atoms with E-state index in [1.54, 1.807) is 45.5 Å². The molecule has 1 aliphatic heterocycles. The molecule has 1 aliphatic rings. The fourth-order valence-corrected chi connectivity index (χ4v) is 3.49. The number of rotatable bonds is 6. The van der Waals surface area contributed by atoms with E-state index >= 15 is 0 Å². The van der Waals surface area contributed by atoms with Crippen molar-refractivity contribution in [3.05, 3.63) is 48.0 Å². The quantitative estimate of drug-likeness (QED) is 0.604. The molecule has 1 amide bonds. The summed E-state index contributed by atoms with van der Waals surface area (Å²) in [7, 11) is 5.05. The van der Waals surface area contributed by atoms with Crippen molar-refractivity contribution in [3.8, 4) is 11.4 Å². The molecule has 4 rings (SSSR count). The van der Waals surface area contributed by atoms with Gasteiger partial charge in [-0.3, -0.25) is 4.79 Å². The molecule has 0 atom stereocenters. The number of carbonyl (C=O) groups is 1. The Kier molecular flexibility index (Phi) is 6.13. The Bertz CT molecular complexity index is 1090. The number of ether oxygens (including phenoxy) is 2. The van der Waals surface area contributed by atoms with E-state index in [9.17, 15) is 4.79 Å². The van der Waals surface area contributed by atoms with Gasteiger partial charge in [-0.15, -0.1) is 5.10 Å². The Hall–Kier alpha value is -3.79. The van der Waals surface area contributed by atoms with E-state index in [0.29, 0.717) is 36.2 Å². The molecule has 0 aliphatic carbocycles. The van der Waals surface area contributed by atoms with Gasteiger partial charge in [0.1, 0.15) is 5.75 Å². The zero-order chi connectivity index (χ0) is 22.7. The third kappa shape index (κ3) is 4.45. The maximum atomic E-state index is 12.1. The lowest BCUT2D eigenvalue weighted by molar-refractivity contribution is 0.0827. The summed E-state index contributed by atoms with van der Waals surface area (Å²) < 4.78 is 12.5. The fraction of sp³-hybridized carbons (Fsp3) is 0.318. The van der Waals surface area contributed by atoms with Crippen molar-refractivity contribution >= 4 is 29.2 Å². The fourth-order valence-electron chi connectivity index (χ4n) is 3.49. The molecule has 3 N–H and O–H groups in total. The van der Waals surface area contributed by atoms with Crippen LogP contribution < -0.4 is 20.7 Å². The highest BCUT2D eigenvalue weighted by molar-refractivity contribution is 5.94. The van der Waals surface area contributed by atoms with Crippen LogP contribution in [0.2, 0.25) is 0 Å². The lowest BCUT2D eigenvalue weighted by atomic mass is 10.2. The minimum absolute atomic E-state index is 0.0712. The highest BCUT2D eigenvalue weighted by Gasteiger charge is 2.16. The second kappa shape index (κ2) is 9.15. The highest BCUT2D eigenvalue weighted by Crippen LogP contribution is 2.32. The van der Waals surface area contributed by atoms with Gasteiger partial charge >= 0.3 is 0 Å². The van der Waals surface area contributed by atoms with Gasteiger partial charge in [0, 0.05) is 44.5 Å². The van der Waals surface area contributed by atoms with Gasteiger partial charge in [-0.1, -0.05) is 0 Å². The van der Waals surface area contributed by atoms with Gasteiger partial charge in [0.15, 0.2) is 0 Å². The molecule has 3 aromatic rings. The first kappa shape index (κ1) is 21.4. The van der Waals surface area contributed by atoms with Gasteiger partial charge in [-0.2, -0.15) is 9.67 Å². The first-order valence-corrected chi connectivity index (χ1v) is 10.3. The molecule has 2 aromatic carbocycles. The Labute approximate surface area is 186 Å². The van der Waals surface area contributed by atoms with Crippen LogP contribution in [-0.2, 0) is 4.74 Å². The lowest BCUT2D eigenvalue weighted by Gasteiger charge is -2.29. The molecule has 32 heavy (non-hydrogen) atoms. The molecule has 1 aromatic heterocycles. The van der Waals surface area contributed by atoms with Crippen LogP contribution in [0.4, 0.5) is 23.3 Å². The third-order valence-electron chi connectivity index (χ3n) is 5.20. The van der Waals surface area contributed by atoms with Crippen molar-refractivity contribution in [2.24, 2.45) is 0 Å². The molecule has 0 saturated carbocycles. The van der Waals surface area contributed by atoms with Crippen LogP contribution in [0.1, 0.15) is 10.4 Å². The van der Waals surface area contributed by atoms with Crippen molar-refractivity contribution in [2.45, 2.75) is 0 Å². The standard InChI is InChI=1S/C22H27N7O3/c1-27(2)20(30)15-4-6-16(7-5-15)29-21(23)25-22(26-29)24-18-9-8-17(14-19(18)31-3)28-10-12-32-13-11-28/h4-9,14H,10-13H2,1-3H3,(H3,23,24,25,26). The number of amides is 1. The smallest absolute Gasteiger partial charge is 0.253 e. The van der Waals surface area contributed by atoms with E-state index in [2.05, 4.69) is 20.3 Å². The number of nitrogens with one attached hydrogen (secondary N) is 1. The zero-order valence-corrected chi connectivity index (χ0v) is 18.4. The van der Waals surface area contributed by atoms with E-state index in [0.717, 1.165) is 24.5 Å². The number of carbonyl (C=O) groups excluding carboxylic acids is 1. The van der Waals surface area contributed by atoms with E-state index in [4.69, 9.17) is 15.2 Å². The topological polar surface area (TPSA) is 111 Å². The van der Waals surface area contributed by atoms with Crippen LogP contribution in [0, 0.1) is 0 Å². The zero-order valence-electron chi connectivity index (χ0n) is 18.4. The third-order valence-corrected chi connectivity index (χ3v) is 5.20. The summed E-state index contributed by atoms with van der Waals surface area (Å²) in [4.78, 5) is 20.2. The van der Waals surface area contributed by atoms with Crippen LogP contribution in [0.25, 0.3) is 5.69 Å². The number of anilines is 4. The summed E-state index contributed by atoms with van der Waals surface area (Å²) >= 11 is 0. The maximum Gasteiger partial charge on any atom is 0.253 e. The van der Waals surface area contributed by atoms with Gasteiger partial charge in [0.05, 0.1) is 31.7 Å². The number of methoxy groups -OCH3 is 1. The second-order valence-electron chi connectivity index (χ2n) is 7.56. The van der Waals surface area contributed by atoms with Crippen molar-refractivity contribution in [1.82, 2.24) is 19.7 Å². The van der Waals surface area contributed by atoms with Crippen LogP contribution in [0.3, 0.4) is 0 Å². The summed E-state index contributed by atoms with van der Waals surface area (Å²) in [6, 6.07) is 13.0. The maximum absolute atomic E-state index is 12.1. The SMILES string of the molecule is COc1cc(N2CCOCC2)ccc1Nc1nc(N)n(-c2ccc(C(=O)N(C)C)cc2)n1. The summed E-state index contributed by atoms with van der Waals surface area (Å²) in [6.07, 6.45) is 0. The molecule has 2 heterocycles.